The van der Waals surface area contributed by atoms with Crippen LogP contribution in [-0.4, -0.2) is 0 Å². The molecular formula is C17H18. The van der Waals surface area contributed by atoms with Crippen molar-refractivity contribution in [1.82, 2.24) is 0 Å². The third-order valence-electron chi connectivity index (χ3n) is 3.06. The molecule has 0 saturated heterocycles. The van der Waals surface area contributed by atoms with Gasteiger partial charge < -0.3 is 0 Å². The van der Waals surface area contributed by atoms with E-state index in [2.05, 4.69) is 75.4 Å². The van der Waals surface area contributed by atoms with Gasteiger partial charge in [0, 0.05) is 0 Å². The lowest BCUT2D eigenvalue weighted by molar-refractivity contribution is 1.37. The molecule has 0 fully saturated rings. The molecule has 0 unspecified atom stereocenters. The maximum Gasteiger partial charge on any atom is -0.0227 e. The van der Waals surface area contributed by atoms with Gasteiger partial charge in [0.15, 0.2) is 0 Å². The Kier molecular flexibility index (Phi) is 3.43. The fourth-order valence-electron chi connectivity index (χ4n) is 1.97. The van der Waals surface area contributed by atoms with Crippen LogP contribution in [0.4, 0.5) is 0 Å². The maximum atomic E-state index is 2.22. The molecule has 0 bridgehead atoms. The van der Waals surface area contributed by atoms with Gasteiger partial charge in [0.25, 0.3) is 0 Å². The van der Waals surface area contributed by atoms with Crippen LogP contribution in [0.1, 0.15) is 27.8 Å². The summed E-state index contributed by atoms with van der Waals surface area (Å²) in [4.78, 5) is 0. The Hall–Kier alpha value is -1.82. The van der Waals surface area contributed by atoms with Gasteiger partial charge in [-0.15, -0.1) is 0 Å². The molecule has 0 saturated carbocycles. The molecule has 0 aliphatic heterocycles. The molecule has 0 amide bonds. The first-order chi connectivity index (χ1) is 8.16. The van der Waals surface area contributed by atoms with Crippen LogP contribution in [0.5, 0.6) is 0 Å². The van der Waals surface area contributed by atoms with E-state index in [1.54, 1.807) is 0 Å². The number of hydrogen-bond acceptors (Lipinski definition) is 0. The minimum Gasteiger partial charge on any atom is -0.0620 e. The van der Waals surface area contributed by atoms with Crippen molar-refractivity contribution in [3.05, 3.63) is 70.3 Å². The molecule has 2 aromatic rings. The Labute approximate surface area is 104 Å². The first-order valence-corrected chi connectivity index (χ1v) is 5.98. The lowest BCUT2D eigenvalue weighted by atomic mass is 10.0. The van der Waals surface area contributed by atoms with Crippen LogP contribution in [0.25, 0.3) is 12.2 Å². The summed E-state index contributed by atoms with van der Waals surface area (Å²) >= 11 is 0. The first-order valence-electron chi connectivity index (χ1n) is 5.98. The number of aryl methyl sites for hydroxylation is 3. The van der Waals surface area contributed by atoms with Crippen molar-refractivity contribution in [1.29, 1.82) is 0 Å². The van der Waals surface area contributed by atoms with Crippen LogP contribution in [0.15, 0.2) is 42.5 Å². The summed E-state index contributed by atoms with van der Waals surface area (Å²) in [6.45, 7) is 6.42. The third kappa shape index (κ3) is 2.85. The highest BCUT2D eigenvalue weighted by atomic mass is 14.0. The molecule has 0 atom stereocenters. The number of rotatable bonds is 2. The van der Waals surface area contributed by atoms with E-state index in [9.17, 15) is 0 Å². The fraction of sp³-hybridized carbons (Fsp3) is 0.176. The van der Waals surface area contributed by atoms with Gasteiger partial charge in [-0.1, -0.05) is 60.2 Å². The highest BCUT2D eigenvalue weighted by Crippen LogP contribution is 2.16. The highest BCUT2D eigenvalue weighted by molar-refractivity contribution is 5.72. The molecule has 2 aromatic carbocycles. The molecule has 0 radical (unpaired) electrons. The van der Waals surface area contributed by atoms with Gasteiger partial charge in [0.05, 0.1) is 0 Å². The average molecular weight is 222 g/mol. The minimum atomic E-state index is 1.28. The van der Waals surface area contributed by atoms with Gasteiger partial charge in [-0.05, 0) is 43.0 Å². The second kappa shape index (κ2) is 5.01. The van der Waals surface area contributed by atoms with Crippen LogP contribution in [0.3, 0.4) is 0 Å². The predicted molar refractivity (Wildman–Crippen MR) is 76.0 cm³/mol. The standard InChI is InChI=1S/C17H18/c1-13-8-9-17(15(3)12-13)11-10-16-7-5-4-6-14(16)2/h4-12H,1-3H3. The topological polar surface area (TPSA) is 0 Å². The second-order valence-electron chi connectivity index (χ2n) is 4.55. The van der Waals surface area contributed by atoms with Crippen LogP contribution < -0.4 is 0 Å². The average Bonchev–Trinajstić information content (AvgIpc) is 2.30. The minimum absolute atomic E-state index is 1.28. The van der Waals surface area contributed by atoms with Gasteiger partial charge in [0.1, 0.15) is 0 Å². The van der Waals surface area contributed by atoms with E-state index in [4.69, 9.17) is 0 Å². The molecule has 0 heterocycles. The predicted octanol–water partition coefficient (Wildman–Crippen LogP) is 4.78. The Morgan fingerprint density at radius 2 is 1.35 bits per heavy atom. The molecule has 0 nitrogen and oxygen atoms in total. The Morgan fingerprint density at radius 1 is 0.706 bits per heavy atom. The zero-order valence-corrected chi connectivity index (χ0v) is 10.7. The summed E-state index contributed by atoms with van der Waals surface area (Å²) < 4.78 is 0. The number of benzene rings is 2. The summed E-state index contributed by atoms with van der Waals surface area (Å²) in [6.07, 6.45) is 4.38. The summed E-state index contributed by atoms with van der Waals surface area (Å²) in [6, 6.07) is 15.0. The van der Waals surface area contributed by atoms with Gasteiger partial charge in [-0.3, -0.25) is 0 Å². The van der Waals surface area contributed by atoms with Crippen LogP contribution in [0.2, 0.25) is 0 Å². The molecule has 17 heavy (non-hydrogen) atoms. The quantitative estimate of drug-likeness (QED) is 0.641. The maximum absolute atomic E-state index is 2.22. The number of hydrogen-bond donors (Lipinski definition) is 0. The van der Waals surface area contributed by atoms with E-state index < -0.39 is 0 Å². The molecule has 0 aliphatic rings. The van der Waals surface area contributed by atoms with E-state index in [-0.39, 0.29) is 0 Å². The Morgan fingerprint density at radius 3 is 2.00 bits per heavy atom. The summed E-state index contributed by atoms with van der Waals surface area (Å²) in [5.74, 6) is 0. The normalized spacial score (nSPS) is 11.0. The largest absolute Gasteiger partial charge is 0.0620 e. The molecule has 0 aliphatic carbocycles. The SMILES string of the molecule is Cc1ccc(C=Cc2ccccc2C)c(C)c1. The van der Waals surface area contributed by atoms with Gasteiger partial charge in [0.2, 0.25) is 0 Å². The molecule has 0 aromatic heterocycles. The van der Waals surface area contributed by atoms with Gasteiger partial charge in [-0.25, -0.2) is 0 Å². The molecule has 86 valence electrons. The van der Waals surface area contributed by atoms with Crippen molar-refractivity contribution in [2.75, 3.05) is 0 Å². The fourth-order valence-corrected chi connectivity index (χ4v) is 1.97. The Bertz CT molecular complexity index is 548. The summed E-state index contributed by atoms with van der Waals surface area (Å²) in [7, 11) is 0. The van der Waals surface area contributed by atoms with Crippen molar-refractivity contribution in [3.63, 3.8) is 0 Å². The third-order valence-corrected chi connectivity index (χ3v) is 3.06. The van der Waals surface area contributed by atoms with E-state index in [0.717, 1.165) is 0 Å². The molecular weight excluding hydrogens is 204 g/mol. The van der Waals surface area contributed by atoms with Gasteiger partial charge >= 0.3 is 0 Å². The van der Waals surface area contributed by atoms with E-state index in [1.807, 2.05) is 0 Å². The smallest absolute Gasteiger partial charge is 0.0227 e. The second-order valence-corrected chi connectivity index (χ2v) is 4.55. The lowest BCUT2D eigenvalue weighted by Crippen LogP contribution is -1.83. The lowest BCUT2D eigenvalue weighted by Gasteiger charge is -2.02. The summed E-state index contributed by atoms with van der Waals surface area (Å²) in [5.41, 5.74) is 6.53. The van der Waals surface area contributed by atoms with E-state index in [1.165, 1.54) is 27.8 Å². The molecule has 0 heteroatoms. The van der Waals surface area contributed by atoms with Crippen molar-refractivity contribution < 1.29 is 0 Å². The zero-order chi connectivity index (χ0) is 12.3. The van der Waals surface area contributed by atoms with Crippen LogP contribution >= 0.6 is 0 Å². The highest BCUT2D eigenvalue weighted by Gasteiger charge is 1.95. The van der Waals surface area contributed by atoms with Crippen molar-refractivity contribution in [3.8, 4) is 0 Å². The molecule has 2 rings (SSSR count). The van der Waals surface area contributed by atoms with Gasteiger partial charge in [-0.2, -0.15) is 0 Å². The van der Waals surface area contributed by atoms with Crippen molar-refractivity contribution in [2.45, 2.75) is 20.8 Å². The van der Waals surface area contributed by atoms with E-state index in [0.29, 0.717) is 0 Å². The molecule has 0 N–H and O–H groups in total. The van der Waals surface area contributed by atoms with E-state index >= 15 is 0 Å². The van der Waals surface area contributed by atoms with Crippen molar-refractivity contribution >= 4 is 12.2 Å². The molecule has 0 spiro atoms. The van der Waals surface area contributed by atoms with Crippen LogP contribution in [-0.2, 0) is 0 Å². The Balaban J connectivity index is 2.29. The zero-order valence-electron chi connectivity index (χ0n) is 10.7. The monoisotopic (exact) mass is 222 g/mol. The van der Waals surface area contributed by atoms with Crippen molar-refractivity contribution in [2.24, 2.45) is 0 Å². The first kappa shape index (κ1) is 11.7. The summed E-state index contributed by atoms with van der Waals surface area (Å²) in [5, 5.41) is 0. The van der Waals surface area contributed by atoms with Crippen LogP contribution in [0, 0.1) is 20.8 Å².